The molecule has 0 amide bonds. The van der Waals surface area contributed by atoms with Crippen LogP contribution in [0.25, 0.3) is 0 Å². The fraction of sp³-hybridized carbons (Fsp3) is 0.467. The Hall–Kier alpha value is -1.88. The molecule has 3 N–H and O–H groups in total. The maximum Gasteiger partial charge on any atom is 0.338 e. The molecule has 1 aromatic rings. The number of hydrogen-bond acceptors (Lipinski definition) is 4. The molecule has 1 aliphatic carbocycles. The summed E-state index contributed by atoms with van der Waals surface area (Å²) in [6.45, 7) is 0.303. The van der Waals surface area contributed by atoms with E-state index in [0.717, 1.165) is 32.1 Å². The largest absolute Gasteiger partial charge is 0.478 e. The summed E-state index contributed by atoms with van der Waals surface area (Å²) in [5, 5.41) is 8.94. The molecule has 1 aliphatic rings. The number of carbonyl (C=O) groups is 2. The SMILES string of the molecule is NCC1(OC(=O)c2cccc(C(=O)O)c2)CCCCC1. The zero-order valence-electron chi connectivity index (χ0n) is 11.3. The number of benzene rings is 1. The van der Waals surface area contributed by atoms with E-state index in [1.165, 1.54) is 18.2 Å². The lowest BCUT2D eigenvalue weighted by Gasteiger charge is -2.35. The van der Waals surface area contributed by atoms with Gasteiger partial charge in [0.2, 0.25) is 0 Å². The first-order valence-corrected chi connectivity index (χ1v) is 6.83. The Bertz CT molecular complexity index is 506. The molecule has 0 spiro atoms. The highest BCUT2D eigenvalue weighted by molar-refractivity contribution is 5.94. The predicted octanol–water partition coefficient (Wildman–Crippen LogP) is 2.20. The van der Waals surface area contributed by atoms with E-state index in [0.29, 0.717) is 6.54 Å². The second-order valence-electron chi connectivity index (χ2n) is 5.22. The Morgan fingerprint density at radius 3 is 2.45 bits per heavy atom. The minimum absolute atomic E-state index is 0.0740. The van der Waals surface area contributed by atoms with Gasteiger partial charge in [-0.2, -0.15) is 0 Å². The Morgan fingerprint density at radius 2 is 1.85 bits per heavy atom. The van der Waals surface area contributed by atoms with Crippen molar-refractivity contribution in [2.24, 2.45) is 5.73 Å². The van der Waals surface area contributed by atoms with Crippen molar-refractivity contribution in [3.63, 3.8) is 0 Å². The maximum atomic E-state index is 12.2. The summed E-state index contributed by atoms with van der Waals surface area (Å²) in [6.07, 6.45) is 4.68. The van der Waals surface area contributed by atoms with E-state index >= 15 is 0 Å². The van der Waals surface area contributed by atoms with Crippen LogP contribution in [0.1, 0.15) is 52.8 Å². The smallest absolute Gasteiger partial charge is 0.338 e. The van der Waals surface area contributed by atoms with Crippen LogP contribution in [0.4, 0.5) is 0 Å². The van der Waals surface area contributed by atoms with Gasteiger partial charge in [-0.05, 0) is 43.9 Å². The average molecular weight is 277 g/mol. The van der Waals surface area contributed by atoms with Gasteiger partial charge >= 0.3 is 11.9 Å². The number of esters is 1. The van der Waals surface area contributed by atoms with E-state index in [-0.39, 0.29) is 11.1 Å². The van der Waals surface area contributed by atoms with E-state index in [2.05, 4.69) is 0 Å². The molecule has 1 aromatic carbocycles. The summed E-state index contributed by atoms with van der Waals surface area (Å²) >= 11 is 0. The molecule has 2 rings (SSSR count). The third-order valence-corrected chi connectivity index (χ3v) is 3.79. The van der Waals surface area contributed by atoms with Gasteiger partial charge in [0, 0.05) is 6.54 Å². The van der Waals surface area contributed by atoms with Crippen LogP contribution in [-0.4, -0.2) is 29.2 Å². The van der Waals surface area contributed by atoms with Crippen molar-refractivity contribution < 1.29 is 19.4 Å². The lowest BCUT2D eigenvalue weighted by atomic mass is 9.84. The maximum absolute atomic E-state index is 12.2. The van der Waals surface area contributed by atoms with Crippen molar-refractivity contribution in [3.05, 3.63) is 35.4 Å². The fourth-order valence-electron chi connectivity index (χ4n) is 2.58. The number of carboxylic acids is 1. The van der Waals surface area contributed by atoms with Gasteiger partial charge in [-0.1, -0.05) is 12.5 Å². The molecule has 0 bridgehead atoms. The van der Waals surface area contributed by atoms with Crippen molar-refractivity contribution >= 4 is 11.9 Å². The van der Waals surface area contributed by atoms with E-state index in [1.807, 2.05) is 0 Å². The molecular weight excluding hydrogens is 258 g/mol. The van der Waals surface area contributed by atoms with Gasteiger partial charge < -0.3 is 15.6 Å². The van der Waals surface area contributed by atoms with Gasteiger partial charge in [0.05, 0.1) is 11.1 Å². The third kappa shape index (κ3) is 3.17. The number of aromatic carboxylic acids is 1. The zero-order valence-corrected chi connectivity index (χ0v) is 11.3. The van der Waals surface area contributed by atoms with Crippen LogP contribution in [-0.2, 0) is 4.74 Å². The molecule has 0 atom stereocenters. The second kappa shape index (κ2) is 6.05. The molecule has 0 aromatic heterocycles. The number of carboxylic acid groups (broad SMARTS) is 1. The van der Waals surface area contributed by atoms with Crippen molar-refractivity contribution in [1.29, 1.82) is 0 Å². The summed E-state index contributed by atoms with van der Waals surface area (Å²) in [5.41, 5.74) is 5.51. The highest BCUT2D eigenvalue weighted by atomic mass is 16.6. The van der Waals surface area contributed by atoms with Crippen molar-refractivity contribution in [2.45, 2.75) is 37.7 Å². The number of ether oxygens (including phenoxy) is 1. The van der Waals surface area contributed by atoms with Crippen LogP contribution in [0.5, 0.6) is 0 Å². The van der Waals surface area contributed by atoms with Gasteiger partial charge in [0.15, 0.2) is 0 Å². The molecule has 0 aliphatic heterocycles. The highest BCUT2D eigenvalue weighted by Gasteiger charge is 2.34. The normalized spacial score (nSPS) is 17.4. The van der Waals surface area contributed by atoms with Crippen molar-refractivity contribution in [1.82, 2.24) is 0 Å². The summed E-state index contributed by atoms with van der Waals surface area (Å²) < 4.78 is 5.59. The van der Waals surface area contributed by atoms with Gasteiger partial charge in [-0.25, -0.2) is 9.59 Å². The predicted molar refractivity (Wildman–Crippen MR) is 73.7 cm³/mol. The molecule has 1 fully saturated rings. The van der Waals surface area contributed by atoms with Crippen LogP contribution in [0.2, 0.25) is 0 Å². The first-order valence-electron chi connectivity index (χ1n) is 6.83. The minimum Gasteiger partial charge on any atom is -0.478 e. The monoisotopic (exact) mass is 277 g/mol. The zero-order chi connectivity index (χ0) is 14.6. The summed E-state index contributed by atoms with van der Waals surface area (Å²) in [5.74, 6) is -1.56. The summed E-state index contributed by atoms with van der Waals surface area (Å²) in [6, 6.07) is 5.87. The highest BCUT2D eigenvalue weighted by Crippen LogP contribution is 2.31. The third-order valence-electron chi connectivity index (χ3n) is 3.79. The van der Waals surface area contributed by atoms with E-state index in [4.69, 9.17) is 15.6 Å². The van der Waals surface area contributed by atoms with Crippen LogP contribution in [0.3, 0.4) is 0 Å². The Labute approximate surface area is 117 Å². The van der Waals surface area contributed by atoms with Crippen molar-refractivity contribution in [3.8, 4) is 0 Å². The topological polar surface area (TPSA) is 89.6 Å². The second-order valence-corrected chi connectivity index (χ2v) is 5.22. The molecule has 20 heavy (non-hydrogen) atoms. The number of nitrogens with two attached hydrogens (primary N) is 1. The standard InChI is InChI=1S/C15H19NO4/c16-10-15(7-2-1-3-8-15)20-14(19)12-6-4-5-11(9-12)13(17)18/h4-6,9H,1-3,7-8,10,16H2,(H,17,18). The van der Waals surface area contributed by atoms with Crippen LogP contribution < -0.4 is 5.73 Å². The number of hydrogen-bond donors (Lipinski definition) is 2. The first-order chi connectivity index (χ1) is 9.56. The number of rotatable bonds is 4. The van der Waals surface area contributed by atoms with Gasteiger partial charge in [0.1, 0.15) is 5.60 Å². The van der Waals surface area contributed by atoms with E-state index < -0.39 is 17.5 Å². The Balaban J connectivity index is 2.14. The van der Waals surface area contributed by atoms with E-state index in [1.54, 1.807) is 6.07 Å². The van der Waals surface area contributed by atoms with Crippen LogP contribution in [0, 0.1) is 0 Å². The molecule has 108 valence electrons. The molecule has 0 unspecified atom stereocenters. The van der Waals surface area contributed by atoms with Gasteiger partial charge in [0.25, 0.3) is 0 Å². The molecule has 5 heteroatoms. The molecule has 5 nitrogen and oxygen atoms in total. The lowest BCUT2D eigenvalue weighted by molar-refractivity contribution is -0.0323. The molecule has 1 saturated carbocycles. The van der Waals surface area contributed by atoms with Gasteiger partial charge in [-0.3, -0.25) is 0 Å². The molecule has 0 radical (unpaired) electrons. The Morgan fingerprint density at radius 1 is 1.20 bits per heavy atom. The van der Waals surface area contributed by atoms with Crippen molar-refractivity contribution in [2.75, 3.05) is 6.54 Å². The van der Waals surface area contributed by atoms with Crippen LogP contribution in [0.15, 0.2) is 24.3 Å². The summed E-state index contributed by atoms with van der Waals surface area (Å²) in [4.78, 5) is 23.1. The lowest BCUT2D eigenvalue weighted by Crippen LogP contribution is -2.44. The quantitative estimate of drug-likeness (QED) is 0.823. The molecule has 0 saturated heterocycles. The van der Waals surface area contributed by atoms with E-state index in [9.17, 15) is 9.59 Å². The first kappa shape index (κ1) is 14.5. The van der Waals surface area contributed by atoms with Crippen LogP contribution >= 0.6 is 0 Å². The average Bonchev–Trinajstić information content (AvgIpc) is 2.48. The Kier molecular flexibility index (Phi) is 4.39. The molecule has 0 heterocycles. The number of carbonyl (C=O) groups excluding carboxylic acids is 1. The fourth-order valence-corrected chi connectivity index (χ4v) is 2.58. The van der Waals surface area contributed by atoms with Gasteiger partial charge in [-0.15, -0.1) is 0 Å². The molecular formula is C15H19NO4. The summed E-state index contributed by atoms with van der Waals surface area (Å²) in [7, 11) is 0. The minimum atomic E-state index is -1.06.